The van der Waals surface area contributed by atoms with Crippen molar-refractivity contribution in [2.24, 2.45) is 0 Å². The fourth-order valence-electron chi connectivity index (χ4n) is 5.17. The monoisotopic (exact) mass is 486 g/mol. The van der Waals surface area contributed by atoms with Crippen molar-refractivity contribution in [2.75, 3.05) is 13.1 Å². The van der Waals surface area contributed by atoms with E-state index in [1.54, 1.807) is 17.2 Å². The van der Waals surface area contributed by atoms with Gasteiger partial charge in [0.25, 0.3) is 5.91 Å². The minimum absolute atomic E-state index is 0.0305. The molecular weight excluding hydrogens is 460 g/mol. The molecule has 36 heavy (non-hydrogen) atoms. The van der Waals surface area contributed by atoms with E-state index in [9.17, 15) is 14.4 Å². The summed E-state index contributed by atoms with van der Waals surface area (Å²) in [6.45, 7) is 2.65. The van der Waals surface area contributed by atoms with Gasteiger partial charge in [-0.05, 0) is 48.7 Å². The quantitative estimate of drug-likeness (QED) is 0.534. The number of hydrogen-bond donors (Lipinski definition) is 1. The van der Waals surface area contributed by atoms with Crippen molar-refractivity contribution < 1.29 is 23.5 Å². The summed E-state index contributed by atoms with van der Waals surface area (Å²) < 4.78 is 12.2. The standard InChI is InChI=1S/C27H26N4O5/c32-24-9-8-23(25(33)29-24)31-14-18-12-19(6-7-22(18)27(31)34)35-20-10-11-30(15-20)16-21-13-28-26(36-21)17-4-2-1-3-5-17/h1-7,12-13,20,23H,8-11,14-16H2,(H,29,32,33)/t20-,23?/m0/s1. The van der Waals surface area contributed by atoms with Crippen LogP contribution in [0.1, 0.15) is 40.9 Å². The number of amides is 3. The Morgan fingerprint density at radius 2 is 1.94 bits per heavy atom. The second-order valence-electron chi connectivity index (χ2n) is 9.48. The Hall–Kier alpha value is -3.98. The number of likely N-dealkylation sites (tertiary alicyclic amines) is 1. The van der Waals surface area contributed by atoms with Gasteiger partial charge in [-0.3, -0.25) is 24.6 Å². The summed E-state index contributed by atoms with van der Waals surface area (Å²) >= 11 is 0. The van der Waals surface area contributed by atoms with E-state index < -0.39 is 11.9 Å². The summed E-state index contributed by atoms with van der Waals surface area (Å²) in [4.78, 5) is 44.8. The van der Waals surface area contributed by atoms with Gasteiger partial charge in [0.15, 0.2) is 0 Å². The molecule has 2 atom stereocenters. The molecule has 9 nitrogen and oxygen atoms in total. The molecule has 6 rings (SSSR count). The second-order valence-corrected chi connectivity index (χ2v) is 9.48. The van der Waals surface area contributed by atoms with Gasteiger partial charge in [0.05, 0.1) is 12.7 Å². The Bertz CT molecular complexity index is 1320. The van der Waals surface area contributed by atoms with E-state index in [4.69, 9.17) is 9.15 Å². The van der Waals surface area contributed by atoms with E-state index >= 15 is 0 Å². The van der Waals surface area contributed by atoms with E-state index in [2.05, 4.69) is 15.2 Å². The van der Waals surface area contributed by atoms with Gasteiger partial charge < -0.3 is 14.1 Å². The molecule has 2 fully saturated rings. The van der Waals surface area contributed by atoms with Crippen LogP contribution in [0.4, 0.5) is 0 Å². The molecule has 0 bridgehead atoms. The third-order valence-corrected chi connectivity index (χ3v) is 6.98. The van der Waals surface area contributed by atoms with Gasteiger partial charge >= 0.3 is 0 Å². The van der Waals surface area contributed by atoms with Gasteiger partial charge in [-0.1, -0.05) is 18.2 Å². The summed E-state index contributed by atoms with van der Waals surface area (Å²) in [6.07, 6.45) is 3.29. The first kappa shape index (κ1) is 22.5. The van der Waals surface area contributed by atoms with Crippen molar-refractivity contribution in [3.8, 4) is 17.2 Å². The predicted molar refractivity (Wildman–Crippen MR) is 129 cm³/mol. The normalized spacial score (nSPS) is 22.1. The highest BCUT2D eigenvalue weighted by Gasteiger charge is 2.39. The van der Waals surface area contributed by atoms with E-state index in [1.165, 1.54) is 0 Å². The smallest absolute Gasteiger partial charge is 0.255 e. The number of aromatic nitrogens is 1. The van der Waals surface area contributed by atoms with Crippen LogP contribution in [-0.2, 0) is 22.7 Å². The zero-order chi connectivity index (χ0) is 24.6. The number of nitrogens with one attached hydrogen (secondary N) is 1. The van der Waals surface area contributed by atoms with Gasteiger partial charge in [0.1, 0.15) is 23.7 Å². The Balaban J connectivity index is 1.06. The molecule has 4 heterocycles. The number of rotatable bonds is 6. The lowest BCUT2D eigenvalue weighted by molar-refractivity contribution is -0.136. The fourth-order valence-corrected chi connectivity index (χ4v) is 5.17. The lowest BCUT2D eigenvalue weighted by Gasteiger charge is -2.29. The average molecular weight is 487 g/mol. The van der Waals surface area contributed by atoms with Crippen molar-refractivity contribution in [2.45, 2.75) is 44.5 Å². The number of nitrogens with zero attached hydrogens (tertiary/aromatic N) is 3. The molecule has 3 amide bonds. The summed E-state index contributed by atoms with van der Waals surface area (Å²) in [5.74, 6) is 1.28. The molecule has 184 valence electrons. The number of carbonyl (C=O) groups excluding carboxylic acids is 3. The van der Waals surface area contributed by atoms with Crippen molar-refractivity contribution in [1.82, 2.24) is 20.1 Å². The lowest BCUT2D eigenvalue weighted by Crippen LogP contribution is -2.52. The zero-order valence-electron chi connectivity index (χ0n) is 19.7. The summed E-state index contributed by atoms with van der Waals surface area (Å²) in [5, 5.41) is 2.33. The van der Waals surface area contributed by atoms with E-state index in [-0.39, 0.29) is 24.3 Å². The van der Waals surface area contributed by atoms with Gasteiger partial charge in [-0.15, -0.1) is 0 Å². The van der Waals surface area contributed by atoms with E-state index in [0.717, 1.165) is 36.4 Å². The molecule has 0 spiro atoms. The molecule has 0 aliphatic carbocycles. The minimum Gasteiger partial charge on any atom is -0.489 e. The van der Waals surface area contributed by atoms with Crippen LogP contribution in [0, 0.1) is 0 Å². The number of carbonyl (C=O) groups is 3. The molecule has 3 aromatic rings. The van der Waals surface area contributed by atoms with Crippen molar-refractivity contribution in [1.29, 1.82) is 0 Å². The number of benzene rings is 2. The van der Waals surface area contributed by atoms with E-state index in [0.29, 0.717) is 36.7 Å². The van der Waals surface area contributed by atoms with Crippen LogP contribution in [0.25, 0.3) is 11.5 Å². The number of imide groups is 1. The molecule has 1 N–H and O–H groups in total. The maximum absolute atomic E-state index is 12.9. The lowest BCUT2D eigenvalue weighted by atomic mass is 10.0. The first-order valence-corrected chi connectivity index (χ1v) is 12.2. The first-order valence-electron chi connectivity index (χ1n) is 12.2. The molecule has 1 aromatic heterocycles. The SMILES string of the molecule is O=C1CCC(N2Cc3cc(O[C@H]4CCN(Cc5cnc(-c6ccccc6)o5)C4)ccc3C2=O)C(=O)N1. The minimum atomic E-state index is -0.617. The predicted octanol–water partition coefficient (Wildman–Crippen LogP) is 2.76. The summed E-state index contributed by atoms with van der Waals surface area (Å²) in [5.41, 5.74) is 2.38. The number of ether oxygens (including phenoxy) is 1. The zero-order valence-corrected chi connectivity index (χ0v) is 19.7. The first-order chi connectivity index (χ1) is 17.5. The maximum atomic E-state index is 12.9. The largest absolute Gasteiger partial charge is 0.489 e. The molecular formula is C27H26N4O5. The Morgan fingerprint density at radius 3 is 2.78 bits per heavy atom. The molecule has 0 radical (unpaired) electrons. The molecule has 2 aromatic carbocycles. The molecule has 0 saturated carbocycles. The Morgan fingerprint density at radius 1 is 1.08 bits per heavy atom. The number of fused-ring (bicyclic) bond motifs is 1. The Kier molecular flexibility index (Phi) is 5.77. The molecule has 2 saturated heterocycles. The van der Waals surface area contributed by atoms with Crippen molar-refractivity contribution in [3.05, 3.63) is 71.6 Å². The van der Waals surface area contributed by atoms with Crippen LogP contribution >= 0.6 is 0 Å². The molecule has 3 aliphatic heterocycles. The summed E-state index contributed by atoms with van der Waals surface area (Å²) in [6, 6.07) is 14.7. The average Bonchev–Trinajstić information content (AvgIpc) is 3.60. The molecule has 9 heteroatoms. The highest BCUT2D eigenvalue weighted by atomic mass is 16.5. The number of piperidine rings is 1. The number of oxazole rings is 1. The third-order valence-electron chi connectivity index (χ3n) is 6.98. The number of hydrogen-bond acceptors (Lipinski definition) is 7. The van der Waals surface area contributed by atoms with Gasteiger partial charge in [0, 0.05) is 37.2 Å². The topological polar surface area (TPSA) is 105 Å². The van der Waals surface area contributed by atoms with Crippen LogP contribution < -0.4 is 10.1 Å². The second kappa shape index (κ2) is 9.23. The van der Waals surface area contributed by atoms with Crippen molar-refractivity contribution in [3.63, 3.8) is 0 Å². The Labute approximate surface area is 208 Å². The third kappa shape index (κ3) is 4.37. The molecule has 1 unspecified atom stereocenters. The van der Waals surface area contributed by atoms with Crippen LogP contribution in [0.2, 0.25) is 0 Å². The van der Waals surface area contributed by atoms with Crippen LogP contribution in [-0.4, -0.2) is 57.7 Å². The van der Waals surface area contributed by atoms with E-state index in [1.807, 2.05) is 42.5 Å². The molecule has 3 aliphatic rings. The van der Waals surface area contributed by atoms with Gasteiger partial charge in [0.2, 0.25) is 17.7 Å². The van der Waals surface area contributed by atoms with Gasteiger partial charge in [-0.25, -0.2) is 4.98 Å². The van der Waals surface area contributed by atoms with Crippen LogP contribution in [0.15, 0.2) is 59.1 Å². The summed E-state index contributed by atoms with van der Waals surface area (Å²) in [7, 11) is 0. The van der Waals surface area contributed by atoms with Crippen LogP contribution in [0.3, 0.4) is 0 Å². The highest BCUT2D eigenvalue weighted by molar-refractivity contribution is 6.05. The maximum Gasteiger partial charge on any atom is 0.255 e. The van der Waals surface area contributed by atoms with Crippen molar-refractivity contribution >= 4 is 17.7 Å². The fraction of sp³-hybridized carbons (Fsp3) is 0.333. The highest BCUT2D eigenvalue weighted by Crippen LogP contribution is 2.31. The van der Waals surface area contributed by atoms with Crippen LogP contribution in [0.5, 0.6) is 5.75 Å². The van der Waals surface area contributed by atoms with Gasteiger partial charge in [-0.2, -0.15) is 0 Å².